The Bertz CT molecular complexity index is 887. The molecule has 0 spiro atoms. The first-order valence-corrected chi connectivity index (χ1v) is 8.93. The lowest BCUT2D eigenvalue weighted by Crippen LogP contribution is -2.37. The largest absolute Gasteiger partial charge is 0.465 e. The summed E-state index contributed by atoms with van der Waals surface area (Å²) < 4.78 is 0. The number of imidazole rings is 1. The molecule has 26 heavy (non-hydrogen) atoms. The van der Waals surface area contributed by atoms with Crippen molar-refractivity contribution in [2.45, 2.75) is 25.3 Å². The fraction of sp³-hybridized carbons (Fsp3) is 0.238. The molecule has 132 valence electrons. The van der Waals surface area contributed by atoms with Crippen LogP contribution in [0, 0.1) is 0 Å². The fourth-order valence-electron chi connectivity index (χ4n) is 3.57. The highest BCUT2D eigenvalue weighted by atomic mass is 16.4. The standard InChI is InChI=1S/C21H21N3O2/c25-21(26)24-13-5-4-8-19(24)20-22-14-18(23-20)17-11-9-16(10-12-17)15-6-2-1-3-7-15/h1-3,6-7,9-12,14,19H,4-5,8,13H2,(H,22,23)(H,25,26). The van der Waals surface area contributed by atoms with Gasteiger partial charge in [-0.15, -0.1) is 0 Å². The van der Waals surface area contributed by atoms with Crippen LogP contribution in [0.1, 0.15) is 31.1 Å². The first-order valence-electron chi connectivity index (χ1n) is 8.93. The summed E-state index contributed by atoms with van der Waals surface area (Å²) in [5, 5.41) is 9.42. The summed E-state index contributed by atoms with van der Waals surface area (Å²) in [5.74, 6) is 0.731. The summed E-state index contributed by atoms with van der Waals surface area (Å²) in [6.45, 7) is 0.571. The second-order valence-corrected chi connectivity index (χ2v) is 6.61. The third-order valence-corrected chi connectivity index (χ3v) is 4.96. The lowest BCUT2D eigenvalue weighted by molar-refractivity contribution is 0.104. The minimum absolute atomic E-state index is 0.182. The number of hydrogen-bond donors (Lipinski definition) is 2. The smallest absolute Gasteiger partial charge is 0.407 e. The van der Waals surface area contributed by atoms with Crippen molar-refractivity contribution in [2.24, 2.45) is 0 Å². The number of carboxylic acid groups (broad SMARTS) is 1. The Labute approximate surface area is 152 Å². The molecule has 0 saturated carbocycles. The Kier molecular flexibility index (Phi) is 4.44. The monoisotopic (exact) mass is 347 g/mol. The molecule has 1 fully saturated rings. The molecule has 1 atom stereocenters. The van der Waals surface area contributed by atoms with E-state index in [-0.39, 0.29) is 6.04 Å². The van der Waals surface area contributed by atoms with E-state index in [1.165, 1.54) is 16.0 Å². The van der Waals surface area contributed by atoms with Crippen LogP contribution in [0.3, 0.4) is 0 Å². The van der Waals surface area contributed by atoms with Crippen LogP contribution in [0.4, 0.5) is 4.79 Å². The molecular weight excluding hydrogens is 326 g/mol. The van der Waals surface area contributed by atoms with Crippen LogP contribution in [0.5, 0.6) is 0 Å². The molecular formula is C21H21N3O2. The van der Waals surface area contributed by atoms with Crippen molar-refractivity contribution in [1.29, 1.82) is 0 Å². The van der Waals surface area contributed by atoms with Crippen molar-refractivity contribution in [1.82, 2.24) is 14.9 Å². The molecule has 1 aromatic heterocycles. The lowest BCUT2D eigenvalue weighted by atomic mass is 10.0. The van der Waals surface area contributed by atoms with Crippen molar-refractivity contribution in [2.75, 3.05) is 6.54 Å². The minimum Gasteiger partial charge on any atom is -0.465 e. The molecule has 5 heteroatoms. The summed E-state index contributed by atoms with van der Waals surface area (Å²) in [5.41, 5.74) is 4.30. The Balaban J connectivity index is 1.57. The van der Waals surface area contributed by atoms with Gasteiger partial charge in [0.25, 0.3) is 0 Å². The molecule has 0 aliphatic carbocycles. The maximum Gasteiger partial charge on any atom is 0.407 e. The summed E-state index contributed by atoms with van der Waals surface area (Å²) in [7, 11) is 0. The highest BCUT2D eigenvalue weighted by molar-refractivity contribution is 5.69. The minimum atomic E-state index is -0.875. The zero-order valence-corrected chi connectivity index (χ0v) is 14.4. The summed E-state index contributed by atoms with van der Waals surface area (Å²) in [6.07, 6.45) is 3.67. The van der Waals surface area contributed by atoms with Crippen molar-refractivity contribution in [3.05, 3.63) is 66.6 Å². The van der Waals surface area contributed by atoms with Crippen LogP contribution in [-0.2, 0) is 0 Å². The highest BCUT2D eigenvalue weighted by Gasteiger charge is 2.29. The van der Waals surface area contributed by atoms with Crippen molar-refractivity contribution < 1.29 is 9.90 Å². The van der Waals surface area contributed by atoms with E-state index in [2.05, 4.69) is 46.4 Å². The van der Waals surface area contributed by atoms with Gasteiger partial charge in [-0.1, -0.05) is 54.6 Å². The molecule has 1 aliphatic rings. The van der Waals surface area contributed by atoms with E-state index in [0.717, 1.165) is 36.3 Å². The quantitative estimate of drug-likeness (QED) is 0.704. The number of likely N-dealkylation sites (tertiary alicyclic amines) is 1. The van der Waals surface area contributed by atoms with Gasteiger partial charge in [0.15, 0.2) is 0 Å². The van der Waals surface area contributed by atoms with Crippen molar-refractivity contribution >= 4 is 6.09 Å². The Hall–Kier alpha value is -3.08. The van der Waals surface area contributed by atoms with E-state index in [9.17, 15) is 9.90 Å². The first-order chi connectivity index (χ1) is 12.7. The number of H-pyrrole nitrogens is 1. The van der Waals surface area contributed by atoms with Gasteiger partial charge in [0, 0.05) is 6.54 Å². The van der Waals surface area contributed by atoms with Gasteiger partial charge in [0.1, 0.15) is 5.82 Å². The molecule has 3 aromatic rings. The van der Waals surface area contributed by atoms with Gasteiger partial charge < -0.3 is 10.1 Å². The Morgan fingerprint density at radius 3 is 2.42 bits per heavy atom. The topological polar surface area (TPSA) is 69.2 Å². The number of rotatable bonds is 3. The molecule has 1 unspecified atom stereocenters. The molecule has 1 aliphatic heterocycles. The van der Waals surface area contributed by atoms with Crippen LogP contribution in [-0.4, -0.2) is 32.6 Å². The third-order valence-electron chi connectivity index (χ3n) is 4.96. The predicted octanol–water partition coefficient (Wildman–Crippen LogP) is 4.95. The molecule has 1 amide bonds. The number of nitrogens with zero attached hydrogens (tertiary/aromatic N) is 2. The maximum absolute atomic E-state index is 11.5. The van der Waals surface area contributed by atoms with Crippen LogP contribution < -0.4 is 0 Å². The molecule has 4 rings (SSSR count). The average molecular weight is 347 g/mol. The average Bonchev–Trinajstić information content (AvgIpc) is 3.19. The van der Waals surface area contributed by atoms with Gasteiger partial charge in [0.05, 0.1) is 17.9 Å². The lowest BCUT2D eigenvalue weighted by Gasteiger charge is -2.32. The molecule has 2 aromatic carbocycles. The number of piperidine rings is 1. The number of amides is 1. The zero-order chi connectivity index (χ0) is 17.9. The summed E-state index contributed by atoms with van der Waals surface area (Å²) in [6, 6.07) is 18.4. The van der Waals surface area contributed by atoms with E-state index >= 15 is 0 Å². The van der Waals surface area contributed by atoms with Crippen molar-refractivity contribution in [3.63, 3.8) is 0 Å². The summed E-state index contributed by atoms with van der Waals surface area (Å²) in [4.78, 5) is 20.8. The maximum atomic E-state index is 11.5. The molecule has 2 N–H and O–H groups in total. The summed E-state index contributed by atoms with van der Waals surface area (Å²) >= 11 is 0. The van der Waals surface area contributed by atoms with Gasteiger partial charge in [0.2, 0.25) is 0 Å². The van der Waals surface area contributed by atoms with Gasteiger partial charge in [-0.25, -0.2) is 9.78 Å². The number of aromatic nitrogens is 2. The molecule has 1 saturated heterocycles. The van der Waals surface area contributed by atoms with E-state index in [1.807, 2.05) is 18.2 Å². The number of hydrogen-bond acceptors (Lipinski definition) is 2. The van der Waals surface area contributed by atoms with E-state index in [0.29, 0.717) is 6.54 Å². The molecule has 5 nitrogen and oxygen atoms in total. The first kappa shape index (κ1) is 16.4. The predicted molar refractivity (Wildman–Crippen MR) is 101 cm³/mol. The fourth-order valence-corrected chi connectivity index (χ4v) is 3.57. The second kappa shape index (κ2) is 7.04. The number of carbonyl (C=O) groups is 1. The van der Waals surface area contributed by atoms with Crippen LogP contribution in [0.25, 0.3) is 22.4 Å². The van der Waals surface area contributed by atoms with Crippen molar-refractivity contribution in [3.8, 4) is 22.4 Å². The molecule has 2 heterocycles. The SMILES string of the molecule is O=C(O)N1CCCCC1c1ncc(-c2ccc(-c3ccccc3)cc2)[nH]1. The van der Waals surface area contributed by atoms with Gasteiger partial charge in [-0.3, -0.25) is 4.90 Å². The number of benzene rings is 2. The van der Waals surface area contributed by atoms with Gasteiger partial charge in [-0.05, 0) is 36.0 Å². The highest BCUT2D eigenvalue weighted by Crippen LogP contribution is 2.31. The normalized spacial score (nSPS) is 17.2. The third kappa shape index (κ3) is 3.20. The number of nitrogens with one attached hydrogen (secondary N) is 1. The van der Waals surface area contributed by atoms with Crippen LogP contribution >= 0.6 is 0 Å². The van der Waals surface area contributed by atoms with Crippen LogP contribution in [0.2, 0.25) is 0 Å². The number of aromatic amines is 1. The second-order valence-electron chi connectivity index (χ2n) is 6.61. The van der Waals surface area contributed by atoms with Gasteiger partial charge in [-0.2, -0.15) is 0 Å². The van der Waals surface area contributed by atoms with Crippen LogP contribution in [0.15, 0.2) is 60.8 Å². The zero-order valence-electron chi connectivity index (χ0n) is 14.4. The molecule has 0 radical (unpaired) electrons. The van der Waals surface area contributed by atoms with Gasteiger partial charge >= 0.3 is 6.09 Å². The Morgan fingerprint density at radius 2 is 1.69 bits per heavy atom. The van der Waals surface area contributed by atoms with E-state index in [4.69, 9.17) is 0 Å². The molecule has 0 bridgehead atoms. The van der Waals surface area contributed by atoms with E-state index in [1.54, 1.807) is 6.20 Å². The van der Waals surface area contributed by atoms with E-state index < -0.39 is 6.09 Å². The Morgan fingerprint density at radius 1 is 1.00 bits per heavy atom.